The third kappa shape index (κ3) is 7.52. The van der Waals surface area contributed by atoms with Crippen LogP contribution in [0.4, 0.5) is 11.4 Å². The normalized spacial score (nSPS) is 22.7. The van der Waals surface area contributed by atoms with Gasteiger partial charge in [-0.25, -0.2) is 9.59 Å². The minimum absolute atomic E-state index is 0.216. The summed E-state index contributed by atoms with van der Waals surface area (Å²) >= 11 is 0. The molecule has 4 unspecified atom stereocenters. The number of hydrogen-bond acceptors (Lipinski definition) is 6. The second-order valence-corrected chi connectivity index (χ2v) is 10.8. The number of ether oxygens (including phenoxy) is 2. The van der Waals surface area contributed by atoms with Gasteiger partial charge in [-0.1, -0.05) is 39.5 Å². The predicted molar refractivity (Wildman–Crippen MR) is 153 cm³/mol. The van der Waals surface area contributed by atoms with Gasteiger partial charge in [0.05, 0.1) is 11.1 Å². The molecule has 2 aromatic rings. The van der Waals surface area contributed by atoms with Gasteiger partial charge in [-0.3, -0.25) is 0 Å². The Labute approximate surface area is 227 Å². The zero-order valence-corrected chi connectivity index (χ0v) is 23.0. The average molecular weight is 521 g/mol. The van der Waals surface area contributed by atoms with Crippen molar-refractivity contribution in [1.82, 2.24) is 0 Å². The van der Waals surface area contributed by atoms with Crippen LogP contribution in [0, 0.1) is 11.8 Å². The first-order valence-electron chi connectivity index (χ1n) is 14.7. The minimum Gasteiger partial charge on any atom is -0.455 e. The topological polar surface area (TPSA) is 76.7 Å². The van der Waals surface area contributed by atoms with Gasteiger partial charge in [0.2, 0.25) is 0 Å². The summed E-state index contributed by atoms with van der Waals surface area (Å²) in [6, 6.07) is 15.0. The van der Waals surface area contributed by atoms with Crippen LogP contribution in [0.3, 0.4) is 0 Å². The Morgan fingerprint density at radius 1 is 0.658 bits per heavy atom. The van der Waals surface area contributed by atoms with E-state index >= 15 is 0 Å². The molecule has 0 saturated heterocycles. The third-order valence-corrected chi connectivity index (χ3v) is 8.01. The Hall–Kier alpha value is -3.02. The van der Waals surface area contributed by atoms with Gasteiger partial charge in [-0.05, 0) is 98.9 Å². The lowest BCUT2D eigenvalue weighted by Crippen LogP contribution is -2.49. The molecule has 4 atom stereocenters. The van der Waals surface area contributed by atoms with E-state index in [4.69, 9.17) is 9.47 Å². The highest BCUT2D eigenvalue weighted by Crippen LogP contribution is 2.41. The van der Waals surface area contributed by atoms with E-state index in [1.54, 1.807) is 0 Å². The summed E-state index contributed by atoms with van der Waals surface area (Å²) in [6.07, 6.45) is 9.91. The summed E-state index contributed by atoms with van der Waals surface area (Å²) in [5, 5.41) is 6.75. The van der Waals surface area contributed by atoms with Crippen molar-refractivity contribution in [3.63, 3.8) is 0 Å². The highest BCUT2D eigenvalue weighted by molar-refractivity contribution is 5.91. The van der Waals surface area contributed by atoms with Crippen LogP contribution < -0.4 is 10.6 Å². The molecule has 2 aliphatic carbocycles. The Bertz CT molecular complexity index is 933. The molecule has 2 aromatic carbocycles. The number of rotatable bonds is 12. The quantitative estimate of drug-likeness (QED) is 0.223. The molecule has 6 heteroatoms. The van der Waals surface area contributed by atoms with Gasteiger partial charge < -0.3 is 20.1 Å². The summed E-state index contributed by atoms with van der Waals surface area (Å²) in [5.41, 5.74) is 3.05. The molecule has 38 heavy (non-hydrogen) atoms. The molecule has 4 rings (SSSR count). The van der Waals surface area contributed by atoms with Gasteiger partial charge in [-0.2, -0.15) is 0 Å². The van der Waals surface area contributed by atoms with Gasteiger partial charge in [-0.15, -0.1) is 0 Å². The fraction of sp³-hybridized carbons (Fsp3) is 0.562. The van der Waals surface area contributed by atoms with Crippen LogP contribution in [0.25, 0.3) is 0 Å². The zero-order valence-electron chi connectivity index (χ0n) is 23.0. The number of fused-ring (bicyclic) bond motifs is 3. The maximum atomic E-state index is 13.2. The molecule has 2 saturated carbocycles. The van der Waals surface area contributed by atoms with E-state index in [9.17, 15) is 9.59 Å². The monoisotopic (exact) mass is 520 g/mol. The summed E-state index contributed by atoms with van der Waals surface area (Å²) in [6.45, 7) is 6.15. The Morgan fingerprint density at radius 2 is 1.05 bits per heavy atom. The van der Waals surface area contributed by atoms with Crippen LogP contribution in [-0.4, -0.2) is 37.2 Å². The van der Waals surface area contributed by atoms with Gasteiger partial charge in [0.1, 0.15) is 12.2 Å². The molecule has 206 valence electrons. The van der Waals surface area contributed by atoms with E-state index in [1.807, 2.05) is 48.5 Å². The standard InChI is InChI=1S/C32H44N2O4/c1-3-5-21-33-27-17-13-25(14-18-27)31(35)37-29-23-9-7-8-10-24(12-11-23)30(29)38-32(36)26-15-19-28(20-16-26)34-22-6-4-2/h13-20,23-24,29-30,33-34H,3-12,21-22H2,1-2H3. The molecule has 2 aliphatic rings. The highest BCUT2D eigenvalue weighted by Gasteiger charge is 2.45. The van der Waals surface area contributed by atoms with Crippen LogP contribution in [0.2, 0.25) is 0 Å². The van der Waals surface area contributed by atoms with Gasteiger partial charge >= 0.3 is 11.9 Å². The molecule has 0 aromatic heterocycles. The van der Waals surface area contributed by atoms with E-state index in [-0.39, 0.29) is 23.8 Å². The van der Waals surface area contributed by atoms with E-state index in [1.165, 1.54) is 0 Å². The third-order valence-electron chi connectivity index (χ3n) is 8.01. The highest BCUT2D eigenvalue weighted by atomic mass is 16.6. The smallest absolute Gasteiger partial charge is 0.338 e. The van der Waals surface area contributed by atoms with Gasteiger partial charge in [0.15, 0.2) is 0 Å². The molecule has 6 nitrogen and oxygen atoms in total. The van der Waals surface area contributed by atoms with Crippen LogP contribution in [-0.2, 0) is 9.47 Å². The number of hydrogen-bond donors (Lipinski definition) is 2. The zero-order chi connectivity index (χ0) is 26.7. The summed E-state index contributed by atoms with van der Waals surface area (Å²) in [5.74, 6) is -0.253. The molecule has 2 fully saturated rings. The van der Waals surface area contributed by atoms with Gasteiger partial charge in [0, 0.05) is 24.5 Å². The van der Waals surface area contributed by atoms with Crippen molar-refractivity contribution >= 4 is 23.3 Å². The molecule has 0 aliphatic heterocycles. The molecule has 2 N–H and O–H groups in total. The van der Waals surface area contributed by atoms with Crippen molar-refractivity contribution in [1.29, 1.82) is 0 Å². The first kappa shape index (κ1) is 28.0. The maximum absolute atomic E-state index is 13.2. The van der Waals surface area contributed by atoms with Crippen molar-refractivity contribution < 1.29 is 19.1 Å². The fourth-order valence-corrected chi connectivity index (χ4v) is 5.70. The van der Waals surface area contributed by atoms with Gasteiger partial charge in [0.25, 0.3) is 0 Å². The van der Waals surface area contributed by atoms with E-state index in [2.05, 4.69) is 24.5 Å². The first-order chi connectivity index (χ1) is 18.6. The van der Waals surface area contributed by atoms with Crippen molar-refractivity contribution in [2.24, 2.45) is 11.8 Å². The van der Waals surface area contributed by atoms with Crippen LogP contribution >= 0.6 is 0 Å². The maximum Gasteiger partial charge on any atom is 0.338 e. The number of benzene rings is 2. The molecule has 0 heterocycles. The fourth-order valence-electron chi connectivity index (χ4n) is 5.70. The van der Waals surface area contributed by atoms with Crippen LogP contribution in [0.5, 0.6) is 0 Å². The number of carbonyl (C=O) groups is 2. The molecule has 0 radical (unpaired) electrons. The molecular weight excluding hydrogens is 476 g/mol. The first-order valence-corrected chi connectivity index (χ1v) is 14.7. The van der Waals surface area contributed by atoms with E-state index in [0.29, 0.717) is 11.1 Å². The van der Waals surface area contributed by atoms with Crippen LogP contribution in [0.15, 0.2) is 48.5 Å². The van der Waals surface area contributed by atoms with Crippen molar-refractivity contribution in [3.05, 3.63) is 59.7 Å². The van der Waals surface area contributed by atoms with Crippen molar-refractivity contribution in [3.8, 4) is 0 Å². The number of esters is 2. The Kier molecular flexibility index (Phi) is 10.5. The summed E-state index contributed by atoms with van der Waals surface area (Å²) < 4.78 is 12.3. The second-order valence-electron chi connectivity index (χ2n) is 10.8. The van der Waals surface area contributed by atoms with E-state index in [0.717, 1.165) is 88.7 Å². The van der Waals surface area contributed by atoms with Crippen molar-refractivity contribution in [2.75, 3.05) is 23.7 Å². The predicted octanol–water partition coefficient (Wildman–Crippen LogP) is 7.46. The molecule has 0 spiro atoms. The minimum atomic E-state index is -0.414. The molecule has 0 amide bonds. The summed E-state index contributed by atoms with van der Waals surface area (Å²) in [7, 11) is 0. The van der Waals surface area contributed by atoms with E-state index < -0.39 is 12.2 Å². The Balaban J connectivity index is 1.43. The number of anilines is 2. The second kappa shape index (κ2) is 14.2. The largest absolute Gasteiger partial charge is 0.455 e. The SMILES string of the molecule is CCCCNc1ccc(C(=O)OC2C3CCCCC(CC3)C2OC(=O)c2ccc(NCCCC)cc2)cc1. The lowest BCUT2D eigenvalue weighted by Gasteiger charge is -2.43. The van der Waals surface area contributed by atoms with Crippen molar-refractivity contribution in [2.45, 2.75) is 90.3 Å². The Morgan fingerprint density at radius 3 is 1.42 bits per heavy atom. The number of carbonyl (C=O) groups excluding carboxylic acids is 2. The number of nitrogens with one attached hydrogen (secondary N) is 2. The number of unbranched alkanes of at least 4 members (excludes halogenated alkanes) is 2. The average Bonchev–Trinajstić information content (AvgIpc) is 2.92. The molecule has 2 bridgehead atoms. The summed E-state index contributed by atoms with van der Waals surface area (Å²) in [4.78, 5) is 26.4. The lowest BCUT2D eigenvalue weighted by molar-refractivity contribution is -0.105. The van der Waals surface area contributed by atoms with Crippen LogP contribution in [0.1, 0.15) is 98.8 Å². The molecular formula is C32H44N2O4. The lowest BCUT2D eigenvalue weighted by atomic mass is 9.71.